The van der Waals surface area contributed by atoms with Gasteiger partial charge in [-0.2, -0.15) is 0 Å². The third-order valence-electron chi connectivity index (χ3n) is 4.12. The standard InChI is InChI=1S/C20H38N4/c1-20(2,3)19-9-7-18(8-10-19)17-24-16-6-15-23-14-5-13-22-12-4-11-21/h7-10,22-24H,4-6,11-17,21H2,1-3H3. The average molecular weight is 335 g/mol. The van der Waals surface area contributed by atoms with Crippen LogP contribution in [0.15, 0.2) is 24.3 Å². The highest BCUT2D eigenvalue weighted by Gasteiger charge is 2.12. The Bertz CT molecular complexity index is 409. The highest BCUT2D eigenvalue weighted by atomic mass is 14.9. The number of nitrogens with one attached hydrogen (secondary N) is 3. The highest BCUT2D eigenvalue weighted by Crippen LogP contribution is 2.22. The van der Waals surface area contributed by atoms with Gasteiger partial charge in [-0.25, -0.2) is 0 Å². The molecule has 4 nitrogen and oxygen atoms in total. The lowest BCUT2D eigenvalue weighted by atomic mass is 9.87. The van der Waals surface area contributed by atoms with Crippen molar-refractivity contribution in [2.45, 2.75) is 52.0 Å². The first-order valence-electron chi connectivity index (χ1n) is 9.45. The maximum absolute atomic E-state index is 5.45. The molecule has 1 aromatic rings. The van der Waals surface area contributed by atoms with Crippen molar-refractivity contribution in [3.8, 4) is 0 Å². The largest absolute Gasteiger partial charge is 0.330 e. The minimum Gasteiger partial charge on any atom is -0.330 e. The first-order valence-corrected chi connectivity index (χ1v) is 9.45. The summed E-state index contributed by atoms with van der Waals surface area (Å²) in [6.07, 6.45) is 3.41. The van der Waals surface area contributed by atoms with Crippen molar-refractivity contribution in [1.29, 1.82) is 0 Å². The van der Waals surface area contributed by atoms with Crippen LogP contribution in [0.1, 0.15) is 51.2 Å². The Hall–Kier alpha value is -0.940. The number of nitrogens with two attached hydrogens (primary N) is 1. The Balaban J connectivity index is 1.95. The summed E-state index contributed by atoms with van der Waals surface area (Å²) in [4.78, 5) is 0. The molecule has 0 fully saturated rings. The molecule has 0 atom stereocenters. The molecule has 4 heteroatoms. The van der Waals surface area contributed by atoms with Gasteiger partial charge in [0.25, 0.3) is 0 Å². The summed E-state index contributed by atoms with van der Waals surface area (Å²) in [7, 11) is 0. The molecule has 0 heterocycles. The number of benzene rings is 1. The van der Waals surface area contributed by atoms with Crippen molar-refractivity contribution in [3.05, 3.63) is 35.4 Å². The van der Waals surface area contributed by atoms with E-state index < -0.39 is 0 Å². The molecule has 0 aromatic heterocycles. The number of rotatable bonds is 13. The molecule has 0 radical (unpaired) electrons. The Labute approximate surface area is 149 Å². The monoisotopic (exact) mass is 334 g/mol. The molecule has 1 rings (SSSR count). The lowest BCUT2D eigenvalue weighted by molar-refractivity contribution is 0.561. The van der Waals surface area contributed by atoms with Crippen LogP contribution in [0.5, 0.6) is 0 Å². The first kappa shape index (κ1) is 21.1. The topological polar surface area (TPSA) is 62.1 Å². The third kappa shape index (κ3) is 10.0. The molecule has 24 heavy (non-hydrogen) atoms. The van der Waals surface area contributed by atoms with E-state index in [4.69, 9.17) is 5.73 Å². The zero-order chi connectivity index (χ0) is 17.7. The molecule has 5 N–H and O–H groups in total. The fourth-order valence-corrected chi connectivity index (χ4v) is 2.51. The number of hydrogen-bond donors (Lipinski definition) is 4. The van der Waals surface area contributed by atoms with E-state index in [9.17, 15) is 0 Å². The minimum absolute atomic E-state index is 0.234. The van der Waals surface area contributed by atoms with Gasteiger partial charge in [0.05, 0.1) is 0 Å². The van der Waals surface area contributed by atoms with Crippen LogP contribution >= 0.6 is 0 Å². The average Bonchev–Trinajstić information content (AvgIpc) is 2.55. The fraction of sp³-hybridized carbons (Fsp3) is 0.700. The second-order valence-corrected chi connectivity index (χ2v) is 7.47. The summed E-state index contributed by atoms with van der Waals surface area (Å²) in [5.74, 6) is 0. The van der Waals surface area contributed by atoms with E-state index >= 15 is 0 Å². The Morgan fingerprint density at radius 2 is 1.25 bits per heavy atom. The van der Waals surface area contributed by atoms with Crippen molar-refractivity contribution >= 4 is 0 Å². The summed E-state index contributed by atoms with van der Waals surface area (Å²) in [6, 6.07) is 8.98. The molecule has 0 bridgehead atoms. The summed E-state index contributed by atoms with van der Waals surface area (Å²) in [6.45, 7) is 13.8. The van der Waals surface area contributed by atoms with Crippen LogP contribution in [0.25, 0.3) is 0 Å². The summed E-state index contributed by atoms with van der Waals surface area (Å²) >= 11 is 0. The van der Waals surface area contributed by atoms with Gasteiger partial charge in [-0.15, -0.1) is 0 Å². The van der Waals surface area contributed by atoms with Crippen LogP contribution in [0, 0.1) is 0 Å². The van der Waals surface area contributed by atoms with E-state index in [1.54, 1.807) is 0 Å². The molecule has 0 spiro atoms. The zero-order valence-corrected chi connectivity index (χ0v) is 16.0. The van der Waals surface area contributed by atoms with E-state index in [0.717, 1.165) is 52.2 Å². The molecule has 138 valence electrons. The molecule has 0 saturated carbocycles. The summed E-state index contributed by atoms with van der Waals surface area (Å²) in [5, 5.41) is 10.4. The van der Waals surface area contributed by atoms with E-state index in [1.807, 2.05) is 0 Å². The fourth-order valence-electron chi connectivity index (χ4n) is 2.51. The second-order valence-electron chi connectivity index (χ2n) is 7.47. The third-order valence-corrected chi connectivity index (χ3v) is 4.12. The lowest BCUT2D eigenvalue weighted by Crippen LogP contribution is -2.26. The normalized spacial score (nSPS) is 11.8. The lowest BCUT2D eigenvalue weighted by Gasteiger charge is -2.19. The molecule has 0 amide bonds. The summed E-state index contributed by atoms with van der Waals surface area (Å²) < 4.78 is 0. The molecule has 0 aliphatic rings. The second kappa shape index (κ2) is 12.4. The van der Waals surface area contributed by atoms with Crippen molar-refractivity contribution in [2.24, 2.45) is 5.73 Å². The van der Waals surface area contributed by atoms with Crippen molar-refractivity contribution in [1.82, 2.24) is 16.0 Å². The predicted octanol–water partition coefficient (Wildman–Crippen LogP) is 2.38. The van der Waals surface area contributed by atoms with Crippen LogP contribution in [0.3, 0.4) is 0 Å². The van der Waals surface area contributed by atoms with Gasteiger partial charge in [-0.1, -0.05) is 45.0 Å². The van der Waals surface area contributed by atoms with E-state index in [-0.39, 0.29) is 5.41 Å². The molecular weight excluding hydrogens is 296 g/mol. The summed E-state index contributed by atoms with van der Waals surface area (Å²) in [5.41, 5.74) is 8.44. The van der Waals surface area contributed by atoms with Crippen LogP contribution < -0.4 is 21.7 Å². The van der Waals surface area contributed by atoms with Crippen LogP contribution in [0.2, 0.25) is 0 Å². The van der Waals surface area contributed by atoms with Gasteiger partial charge in [0.2, 0.25) is 0 Å². The van der Waals surface area contributed by atoms with E-state index in [1.165, 1.54) is 24.0 Å². The van der Waals surface area contributed by atoms with Gasteiger partial charge in [0, 0.05) is 6.54 Å². The van der Waals surface area contributed by atoms with Gasteiger partial charge < -0.3 is 21.7 Å². The quantitative estimate of drug-likeness (QED) is 0.418. The predicted molar refractivity (Wildman–Crippen MR) is 105 cm³/mol. The molecular formula is C20H38N4. The molecule has 0 saturated heterocycles. The minimum atomic E-state index is 0.234. The Morgan fingerprint density at radius 1 is 0.750 bits per heavy atom. The molecule has 0 aliphatic heterocycles. The van der Waals surface area contributed by atoms with E-state index in [0.29, 0.717) is 0 Å². The van der Waals surface area contributed by atoms with Gasteiger partial charge in [-0.05, 0) is 75.1 Å². The highest BCUT2D eigenvalue weighted by molar-refractivity contribution is 5.27. The maximum Gasteiger partial charge on any atom is 0.0205 e. The Morgan fingerprint density at radius 3 is 1.75 bits per heavy atom. The van der Waals surface area contributed by atoms with E-state index in [2.05, 4.69) is 61.0 Å². The smallest absolute Gasteiger partial charge is 0.0205 e. The SMILES string of the molecule is CC(C)(C)c1ccc(CNCCCNCCCNCCCN)cc1. The van der Waals surface area contributed by atoms with Gasteiger partial charge in [-0.3, -0.25) is 0 Å². The molecule has 0 aliphatic carbocycles. The van der Waals surface area contributed by atoms with Crippen LogP contribution in [-0.4, -0.2) is 39.3 Å². The van der Waals surface area contributed by atoms with Gasteiger partial charge >= 0.3 is 0 Å². The molecule has 1 aromatic carbocycles. The van der Waals surface area contributed by atoms with Crippen LogP contribution in [-0.2, 0) is 12.0 Å². The molecule has 0 unspecified atom stereocenters. The van der Waals surface area contributed by atoms with Crippen molar-refractivity contribution < 1.29 is 0 Å². The number of hydrogen-bond acceptors (Lipinski definition) is 4. The van der Waals surface area contributed by atoms with Gasteiger partial charge in [0.15, 0.2) is 0 Å². The maximum atomic E-state index is 5.45. The van der Waals surface area contributed by atoms with Gasteiger partial charge in [0.1, 0.15) is 0 Å². The zero-order valence-electron chi connectivity index (χ0n) is 16.0. The van der Waals surface area contributed by atoms with Crippen LogP contribution in [0.4, 0.5) is 0 Å². The van der Waals surface area contributed by atoms with Crippen molar-refractivity contribution in [2.75, 3.05) is 39.3 Å². The van der Waals surface area contributed by atoms with Crippen molar-refractivity contribution in [3.63, 3.8) is 0 Å². The first-order chi connectivity index (χ1) is 11.5. The Kier molecular flexibility index (Phi) is 10.9.